The molecular formula is C25H37NO5SSi. The Morgan fingerprint density at radius 3 is 2.18 bits per heavy atom. The first-order valence-electron chi connectivity index (χ1n) is 12.0. The largest absolute Gasteiger partial charge is 0.408 e. The van der Waals surface area contributed by atoms with Gasteiger partial charge in [0.15, 0.2) is 5.78 Å². The summed E-state index contributed by atoms with van der Waals surface area (Å²) in [5.41, 5.74) is 0.907. The monoisotopic (exact) mass is 491 g/mol. The van der Waals surface area contributed by atoms with E-state index in [1.54, 1.807) is 24.3 Å². The molecule has 1 spiro atoms. The zero-order chi connectivity index (χ0) is 24.3. The Bertz CT molecular complexity index is 1030. The van der Waals surface area contributed by atoms with E-state index in [4.69, 9.17) is 9.16 Å². The van der Waals surface area contributed by atoms with Crippen LogP contribution in [0.15, 0.2) is 41.3 Å². The molecule has 2 fully saturated rings. The van der Waals surface area contributed by atoms with E-state index >= 15 is 0 Å². The van der Waals surface area contributed by atoms with Crippen molar-refractivity contribution in [1.82, 2.24) is 4.31 Å². The van der Waals surface area contributed by atoms with Gasteiger partial charge < -0.3 is 9.16 Å². The average molecular weight is 492 g/mol. The van der Waals surface area contributed by atoms with Crippen molar-refractivity contribution >= 4 is 24.1 Å². The summed E-state index contributed by atoms with van der Waals surface area (Å²) < 4.78 is 42.4. The van der Waals surface area contributed by atoms with Crippen molar-refractivity contribution in [1.29, 1.82) is 0 Å². The molecule has 1 aromatic rings. The highest BCUT2D eigenvalue weighted by atomic mass is 32.2. The van der Waals surface area contributed by atoms with Crippen LogP contribution in [-0.4, -0.2) is 57.2 Å². The van der Waals surface area contributed by atoms with Crippen LogP contribution in [0.5, 0.6) is 0 Å². The van der Waals surface area contributed by atoms with E-state index in [9.17, 15) is 13.2 Å². The van der Waals surface area contributed by atoms with Gasteiger partial charge in [0.25, 0.3) is 0 Å². The van der Waals surface area contributed by atoms with Crippen LogP contribution in [0.3, 0.4) is 0 Å². The summed E-state index contributed by atoms with van der Waals surface area (Å²) in [7, 11) is -6.26. The molecule has 3 aliphatic heterocycles. The molecule has 4 atom stereocenters. The number of carbonyl (C=O) groups excluding carboxylic acids is 1. The molecule has 6 nitrogen and oxygen atoms in total. The minimum absolute atomic E-state index is 0.0936. The lowest BCUT2D eigenvalue weighted by Gasteiger charge is -2.47. The number of ether oxygens (including phenoxy) is 1. The Labute approximate surface area is 199 Å². The maximum absolute atomic E-state index is 13.8. The van der Waals surface area contributed by atoms with Crippen molar-refractivity contribution in [3.8, 4) is 0 Å². The molecule has 1 aromatic carbocycles. The quantitative estimate of drug-likeness (QED) is 0.412. The molecule has 0 saturated carbocycles. The molecular weight excluding hydrogens is 454 g/mol. The lowest BCUT2D eigenvalue weighted by molar-refractivity contribution is -0.150. The number of fused-ring (bicyclic) bond motifs is 1. The predicted molar refractivity (Wildman–Crippen MR) is 131 cm³/mol. The highest BCUT2D eigenvalue weighted by Crippen LogP contribution is 2.51. The zero-order valence-corrected chi connectivity index (χ0v) is 22.6. The van der Waals surface area contributed by atoms with Crippen LogP contribution in [0, 0.1) is 6.92 Å². The Hall–Kier alpha value is -1.32. The molecule has 33 heavy (non-hydrogen) atoms. The van der Waals surface area contributed by atoms with Gasteiger partial charge in [-0.3, -0.25) is 4.79 Å². The van der Waals surface area contributed by atoms with Crippen LogP contribution in [0.1, 0.15) is 53.5 Å². The summed E-state index contributed by atoms with van der Waals surface area (Å²) in [4.78, 5) is 13.5. The topological polar surface area (TPSA) is 72.9 Å². The molecule has 2 bridgehead atoms. The third-order valence-corrected chi connectivity index (χ3v) is 15.8. The summed E-state index contributed by atoms with van der Waals surface area (Å²) >= 11 is 0. The van der Waals surface area contributed by atoms with Gasteiger partial charge in [0.05, 0.1) is 17.1 Å². The lowest BCUT2D eigenvalue weighted by Crippen LogP contribution is -2.60. The minimum Gasteiger partial charge on any atom is -0.408 e. The van der Waals surface area contributed by atoms with Gasteiger partial charge in [-0.25, -0.2) is 8.42 Å². The van der Waals surface area contributed by atoms with Crippen LogP contribution < -0.4 is 0 Å². The second kappa shape index (κ2) is 8.41. The predicted octanol–water partition coefficient (Wildman–Crippen LogP) is 4.60. The molecule has 3 aliphatic rings. The number of hydrogen-bond acceptors (Lipinski definition) is 5. The van der Waals surface area contributed by atoms with E-state index in [2.05, 4.69) is 41.5 Å². The number of benzene rings is 1. The smallest absolute Gasteiger partial charge is 0.243 e. The summed E-state index contributed by atoms with van der Waals surface area (Å²) in [5, 5.41) is 0. The fourth-order valence-electron chi connectivity index (χ4n) is 6.45. The molecule has 0 unspecified atom stereocenters. The molecule has 0 aromatic heterocycles. The minimum atomic E-state index is -3.90. The molecule has 0 radical (unpaired) electrons. The standard InChI is InChI=1S/C25H37NO5SSi/c1-16(2)33(17(3)4,18(5)6)31-23-15-26(32(28,29)21-10-8-19(7)9-11-21)24-22(27)14-20-12-13-25(23,24)30-20/h8-13,16-18,20,23-24H,14-15H2,1-7H3/t20-,23+,24-,25-/m1/s1. The third kappa shape index (κ3) is 3.69. The summed E-state index contributed by atoms with van der Waals surface area (Å²) in [6.45, 7) is 15.3. The number of aryl methyl sites for hydroxylation is 1. The highest BCUT2D eigenvalue weighted by Gasteiger charge is 2.67. The number of Topliss-reactive ketones (excluding diaryl/α,β-unsaturated/α-hetero) is 1. The number of rotatable bonds is 7. The van der Waals surface area contributed by atoms with Crippen LogP contribution in [-0.2, 0) is 24.0 Å². The van der Waals surface area contributed by atoms with Crippen LogP contribution in [0.4, 0.5) is 0 Å². The number of sulfonamides is 1. The number of carbonyl (C=O) groups is 1. The van der Waals surface area contributed by atoms with E-state index in [0.717, 1.165) is 5.56 Å². The van der Waals surface area contributed by atoms with E-state index in [0.29, 0.717) is 16.6 Å². The van der Waals surface area contributed by atoms with Crippen molar-refractivity contribution < 1.29 is 22.4 Å². The SMILES string of the molecule is Cc1ccc(S(=O)(=O)N2C[C@H](O[Si](C(C)C)(C(C)C)C(C)C)[C@]34C=C[C@H](CC(=O)[C@@H]23)O4)cc1. The van der Waals surface area contributed by atoms with Gasteiger partial charge >= 0.3 is 0 Å². The molecule has 0 N–H and O–H groups in total. The van der Waals surface area contributed by atoms with Gasteiger partial charge in [-0.05, 0) is 41.8 Å². The Balaban J connectivity index is 1.81. The molecule has 8 heteroatoms. The fraction of sp³-hybridized carbons (Fsp3) is 0.640. The van der Waals surface area contributed by atoms with E-state index in [-0.39, 0.29) is 29.7 Å². The van der Waals surface area contributed by atoms with Crippen molar-refractivity contribution in [2.24, 2.45) is 0 Å². The number of nitrogens with zero attached hydrogens (tertiary/aromatic N) is 1. The van der Waals surface area contributed by atoms with Gasteiger partial charge in [0.1, 0.15) is 11.6 Å². The molecule has 0 aliphatic carbocycles. The normalized spacial score (nSPS) is 30.1. The number of ketones is 1. The molecule has 182 valence electrons. The number of hydrogen-bond donors (Lipinski definition) is 0. The maximum atomic E-state index is 13.8. The zero-order valence-electron chi connectivity index (χ0n) is 20.7. The van der Waals surface area contributed by atoms with Crippen molar-refractivity contribution in [2.75, 3.05) is 6.54 Å². The first-order chi connectivity index (χ1) is 15.4. The highest BCUT2D eigenvalue weighted by molar-refractivity contribution is 7.89. The van der Waals surface area contributed by atoms with Crippen LogP contribution >= 0.6 is 0 Å². The molecule has 3 heterocycles. The van der Waals surface area contributed by atoms with Gasteiger partial charge in [-0.1, -0.05) is 65.3 Å². The lowest BCUT2D eigenvalue weighted by atomic mass is 9.88. The fourth-order valence-corrected chi connectivity index (χ4v) is 13.7. The van der Waals surface area contributed by atoms with E-state index < -0.39 is 36.1 Å². The summed E-state index contributed by atoms with van der Waals surface area (Å²) in [6.07, 6.45) is 3.20. The van der Waals surface area contributed by atoms with Crippen LogP contribution in [0.2, 0.25) is 16.6 Å². The first-order valence-corrected chi connectivity index (χ1v) is 15.6. The van der Waals surface area contributed by atoms with Crippen molar-refractivity contribution in [2.45, 2.75) is 100 Å². The Morgan fingerprint density at radius 2 is 1.64 bits per heavy atom. The Kier molecular flexibility index (Phi) is 6.32. The van der Waals surface area contributed by atoms with Gasteiger partial charge in [0.2, 0.25) is 18.3 Å². The molecule has 2 saturated heterocycles. The van der Waals surface area contributed by atoms with Crippen molar-refractivity contribution in [3.63, 3.8) is 0 Å². The maximum Gasteiger partial charge on any atom is 0.243 e. The third-order valence-electron chi connectivity index (χ3n) is 7.88. The van der Waals surface area contributed by atoms with Gasteiger partial charge in [-0.15, -0.1) is 0 Å². The molecule has 4 rings (SSSR count). The first kappa shape index (κ1) is 24.8. The van der Waals surface area contributed by atoms with E-state index in [1.807, 2.05) is 19.1 Å². The van der Waals surface area contributed by atoms with Crippen molar-refractivity contribution in [3.05, 3.63) is 42.0 Å². The molecule has 0 amide bonds. The second-order valence-corrected chi connectivity index (χ2v) is 18.1. The van der Waals surface area contributed by atoms with Gasteiger partial charge in [0, 0.05) is 13.0 Å². The Morgan fingerprint density at radius 1 is 1.06 bits per heavy atom. The second-order valence-electron chi connectivity index (χ2n) is 10.8. The van der Waals surface area contributed by atoms with E-state index in [1.165, 1.54) is 4.31 Å². The summed E-state index contributed by atoms with van der Waals surface area (Å²) in [6, 6.07) is 5.89. The summed E-state index contributed by atoms with van der Waals surface area (Å²) in [5.74, 6) is -0.0936. The van der Waals surface area contributed by atoms with Gasteiger partial charge in [-0.2, -0.15) is 4.31 Å². The van der Waals surface area contributed by atoms with Crippen LogP contribution in [0.25, 0.3) is 0 Å². The average Bonchev–Trinajstić information content (AvgIpc) is 3.24.